The lowest BCUT2D eigenvalue weighted by Crippen LogP contribution is -2.37. The first-order valence-corrected chi connectivity index (χ1v) is 9.02. The van der Waals surface area contributed by atoms with E-state index >= 15 is 0 Å². The second-order valence-electron chi connectivity index (χ2n) is 6.96. The summed E-state index contributed by atoms with van der Waals surface area (Å²) in [6.45, 7) is 7.67. The molecule has 3 rings (SSSR count). The average molecular weight is 326 g/mol. The number of piperidine rings is 1. The molecule has 1 amide bonds. The van der Waals surface area contributed by atoms with E-state index in [-0.39, 0.29) is 11.8 Å². The van der Waals surface area contributed by atoms with E-state index in [2.05, 4.69) is 21.7 Å². The minimum atomic E-state index is -0.0473. The molecule has 2 aliphatic heterocycles. The molecule has 1 aromatic rings. The smallest absolute Gasteiger partial charge is 0.298 e. The van der Waals surface area contributed by atoms with Gasteiger partial charge in [0.1, 0.15) is 11.6 Å². The molecule has 0 N–H and O–H groups in total. The Morgan fingerprint density at radius 3 is 2.58 bits per heavy atom. The maximum atomic E-state index is 12.1. The molecule has 0 unspecified atom stereocenters. The molecule has 3 heterocycles. The van der Waals surface area contributed by atoms with Gasteiger partial charge in [0, 0.05) is 44.2 Å². The number of likely N-dealkylation sites (tertiary alicyclic amines) is 1. The van der Waals surface area contributed by atoms with Gasteiger partial charge in [-0.05, 0) is 37.7 Å². The summed E-state index contributed by atoms with van der Waals surface area (Å²) in [6.07, 6.45) is 6.20. The Morgan fingerprint density at radius 1 is 1.21 bits per heavy atom. The van der Waals surface area contributed by atoms with Gasteiger partial charge in [0.2, 0.25) is 0 Å². The Balaban J connectivity index is 1.60. The van der Waals surface area contributed by atoms with E-state index in [1.165, 1.54) is 12.8 Å². The molecule has 1 aromatic heterocycles. The molecule has 128 valence electrons. The zero-order valence-electron chi connectivity index (χ0n) is 14.7. The molecule has 0 atom stereocenters. The molecule has 5 heteroatoms. The minimum absolute atomic E-state index is 0.0473. The second-order valence-corrected chi connectivity index (χ2v) is 6.96. The van der Waals surface area contributed by atoms with Crippen molar-refractivity contribution >= 4 is 11.7 Å². The predicted molar refractivity (Wildman–Crippen MR) is 94.6 cm³/mol. The number of aromatic nitrogens is 2. The molecule has 5 nitrogen and oxygen atoms in total. The highest BCUT2D eigenvalue weighted by atomic mass is 16.2. The molecule has 0 bridgehead atoms. The van der Waals surface area contributed by atoms with Crippen molar-refractivity contribution in [3.63, 3.8) is 0 Å². The summed E-state index contributed by atoms with van der Waals surface area (Å²) >= 11 is 0. The Bertz CT molecular complexity index is 632. The number of hydrogen-bond donors (Lipinski definition) is 0. The van der Waals surface area contributed by atoms with Gasteiger partial charge >= 0.3 is 0 Å². The van der Waals surface area contributed by atoms with Crippen molar-refractivity contribution in [1.82, 2.24) is 14.9 Å². The van der Waals surface area contributed by atoms with Crippen molar-refractivity contribution in [2.24, 2.45) is 5.92 Å². The largest absolute Gasteiger partial charge is 0.357 e. The third-order valence-corrected chi connectivity index (χ3v) is 4.70. The van der Waals surface area contributed by atoms with E-state index in [0.29, 0.717) is 5.92 Å². The van der Waals surface area contributed by atoms with Crippen LogP contribution in [0.3, 0.4) is 0 Å². The third kappa shape index (κ3) is 4.05. The van der Waals surface area contributed by atoms with E-state index in [1.54, 1.807) is 0 Å². The normalized spacial score (nSPS) is 18.6. The molecular weight excluding hydrogens is 300 g/mol. The van der Waals surface area contributed by atoms with Gasteiger partial charge in [-0.3, -0.25) is 4.79 Å². The van der Waals surface area contributed by atoms with Crippen molar-refractivity contribution in [2.45, 2.75) is 45.4 Å². The van der Waals surface area contributed by atoms with Crippen LogP contribution in [0.4, 0.5) is 5.82 Å². The zero-order chi connectivity index (χ0) is 16.9. The van der Waals surface area contributed by atoms with Crippen LogP contribution in [0, 0.1) is 17.8 Å². The number of nitrogens with zero attached hydrogens (tertiary/aromatic N) is 4. The van der Waals surface area contributed by atoms with Crippen molar-refractivity contribution in [1.29, 1.82) is 0 Å². The number of hydrogen-bond acceptors (Lipinski definition) is 4. The van der Waals surface area contributed by atoms with Crippen LogP contribution >= 0.6 is 0 Å². The quantitative estimate of drug-likeness (QED) is 0.783. The molecule has 2 aliphatic rings. The molecule has 0 saturated carbocycles. The fourth-order valence-electron chi connectivity index (χ4n) is 3.31. The standard InChI is InChI=1S/C19H26N4O/c1-15(2)5-6-18(24)23-13-8-16(9-14-23)19-20-10-7-17(21-19)22-11-3-4-12-22/h7,10,15-16H,3-4,8-9,11-14H2,1-2H3. The van der Waals surface area contributed by atoms with Gasteiger partial charge in [0.05, 0.1) is 0 Å². The molecule has 2 fully saturated rings. The van der Waals surface area contributed by atoms with Gasteiger partial charge in [-0.1, -0.05) is 19.8 Å². The lowest BCUT2D eigenvalue weighted by Gasteiger charge is -2.30. The Kier molecular flexibility index (Phi) is 5.34. The maximum absolute atomic E-state index is 12.1. The maximum Gasteiger partial charge on any atom is 0.298 e. The monoisotopic (exact) mass is 326 g/mol. The van der Waals surface area contributed by atoms with Crippen LogP contribution in [-0.2, 0) is 4.79 Å². The first-order valence-electron chi connectivity index (χ1n) is 9.02. The van der Waals surface area contributed by atoms with E-state index in [1.807, 2.05) is 31.0 Å². The van der Waals surface area contributed by atoms with Crippen molar-refractivity contribution in [2.75, 3.05) is 31.1 Å². The highest BCUT2D eigenvalue weighted by Crippen LogP contribution is 2.27. The van der Waals surface area contributed by atoms with Gasteiger partial charge < -0.3 is 9.80 Å². The Hall–Kier alpha value is -2.09. The van der Waals surface area contributed by atoms with Crippen molar-refractivity contribution in [3.05, 3.63) is 18.1 Å². The first kappa shape index (κ1) is 16.8. The van der Waals surface area contributed by atoms with Gasteiger partial charge in [-0.2, -0.15) is 0 Å². The fourth-order valence-corrected chi connectivity index (χ4v) is 3.31. The van der Waals surface area contributed by atoms with Gasteiger partial charge in [0.25, 0.3) is 5.91 Å². The van der Waals surface area contributed by atoms with Crippen LogP contribution in [0.2, 0.25) is 0 Å². The predicted octanol–water partition coefficient (Wildman–Crippen LogP) is 2.44. The van der Waals surface area contributed by atoms with E-state index < -0.39 is 0 Å². The van der Waals surface area contributed by atoms with Crippen molar-refractivity contribution < 1.29 is 4.79 Å². The van der Waals surface area contributed by atoms with E-state index in [9.17, 15) is 4.79 Å². The van der Waals surface area contributed by atoms with Crippen LogP contribution in [0.1, 0.15) is 51.3 Å². The summed E-state index contributed by atoms with van der Waals surface area (Å²) in [6, 6.07) is 2.01. The van der Waals surface area contributed by atoms with Crippen molar-refractivity contribution in [3.8, 4) is 11.8 Å². The zero-order valence-corrected chi connectivity index (χ0v) is 14.7. The van der Waals surface area contributed by atoms with Crippen LogP contribution < -0.4 is 4.90 Å². The Morgan fingerprint density at radius 2 is 1.92 bits per heavy atom. The summed E-state index contributed by atoms with van der Waals surface area (Å²) in [5.41, 5.74) is 0. The molecule has 0 aromatic carbocycles. The summed E-state index contributed by atoms with van der Waals surface area (Å²) < 4.78 is 0. The molecule has 0 spiro atoms. The summed E-state index contributed by atoms with van der Waals surface area (Å²) in [5.74, 6) is 8.21. The third-order valence-electron chi connectivity index (χ3n) is 4.70. The number of carbonyl (C=O) groups is 1. The number of amides is 1. The van der Waals surface area contributed by atoms with Crippen LogP contribution in [0.25, 0.3) is 0 Å². The molecule has 24 heavy (non-hydrogen) atoms. The SMILES string of the molecule is CC(C)C#CC(=O)N1CCC(c2nccc(N3CCCC3)n2)CC1. The number of anilines is 1. The molecular formula is C19H26N4O. The highest BCUT2D eigenvalue weighted by molar-refractivity contribution is 5.93. The van der Waals surface area contributed by atoms with Crippen LogP contribution in [-0.4, -0.2) is 47.0 Å². The average Bonchev–Trinajstić information content (AvgIpc) is 3.14. The lowest BCUT2D eigenvalue weighted by atomic mass is 9.96. The van der Waals surface area contributed by atoms with Gasteiger partial charge in [-0.25, -0.2) is 9.97 Å². The molecule has 2 saturated heterocycles. The topological polar surface area (TPSA) is 49.3 Å². The number of rotatable bonds is 2. The highest BCUT2D eigenvalue weighted by Gasteiger charge is 2.25. The van der Waals surface area contributed by atoms with Gasteiger partial charge in [-0.15, -0.1) is 0 Å². The van der Waals surface area contributed by atoms with E-state index in [0.717, 1.165) is 50.7 Å². The minimum Gasteiger partial charge on any atom is -0.357 e. The van der Waals surface area contributed by atoms with Crippen LogP contribution in [0.15, 0.2) is 12.3 Å². The van der Waals surface area contributed by atoms with Gasteiger partial charge in [0.15, 0.2) is 0 Å². The fraction of sp³-hybridized carbons (Fsp3) is 0.632. The lowest BCUT2D eigenvalue weighted by molar-refractivity contribution is -0.126. The summed E-state index contributed by atoms with van der Waals surface area (Å²) in [4.78, 5) is 25.6. The summed E-state index contributed by atoms with van der Waals surface area (Å²) in [5, 5.41) is 0. The molecule has 0 aliphatic carbocycles. The first-order chi connectivity index (χ1) is 11.6. The molecule has 0 radical (unpaired) electrons. The number of carbonyl (C=O) groups excluding carboxylic acids is 1. The van der Waals surface area contributed by atoms with E-state index in [4.69, 9.17) is 4.98 Å². The summed E-state index contributed by atoms with van der Waals surface area (Å²) in [7, 11) is 0. The Labute approximate surface area is 144 Å². The second kappa shape index (κ2) is 7.65. The van der Waals surface area contributed by atoms with Crippen LogP contribution in [0.5, 0.6) is 0 Å².